The second-order valence-electron chi connectivity index (χ2n) is 4.48. The molecule has 0 saturated carbocycles. The minimum absolute atomic E-state index is 0.237. The van der Waals surface area contributed by atoms with E-state index in [1.807, 2.05) is 12.1 Å². The van der Waals surface area contributed by atoms with Crippen LogP contribution in [0.5, 0.6) is 0 Å². The van der Waals surface area contributed by atoms with Crippen LogP contribution in [0.4, 0.5) is 11.4 Å². The topological polar surface area (TPSA) is 67.4 Å². The largest absolute Gasteiger partial charge is 0.379 e. The molecule has 1 unspecified atom stereocenters. The number of rotatable bonds is 4. The summed E-state index contributed by atoms with van der Waals surface area (Å²) in [5.41, 5.74) is 1.36. The number of nitrogens with one attached hydrogen (secondary N) is 2. The Bertz CT molecular complexity index is 496. The van der Waals surface area contributed by atoms with Crippen molar-refractivity contribution >= 4 is 21.4 Å². The smallest absolute Gasteiger partial charge is 0.229 e. The molecule has 0 spiro atoms. The van der Waals surface area contributed by atoms with Gasteiger partial charge in [0.05, 0.1) is 24.2 Å². The van der Waals surface area contributed by atoms with Crippen LogP contribution in [0.2, 0.25) is 0 Å². The maximum Gasteiger partial charge on any atom is 0.229 e. The maximum absolute atomic E-state index is 11.3. The van der Waals surface area contributed by atoms with Crippen molar-refractivity contribution < 1.29 is 13.2 Å². The van der Waals surface area contributed by atoms with Crippen LogP contribution in [-0.4, -0.2) is 33.9 Å². The summed E-state index contributed by atoms with van der Waals surface area (Å²) in [5.74, 6) is 0. The molecule has 2 N–H and O–H groups in total. The third-order valence-electron chi connectivity index (χ3n) is 2.74. The molecule has 18 heavy (non-hydrogen) atoms. The van der Waals surface area contributed by atoms with Crippen molar-refractivity contribution in [3.05, 3.63) is 24.3 Å². The van der Waals surface area contributed by atoms with Crippen molar-refractivity contribution in [2.24, 2.45) is 0 Å². The van der Waals surface area contributed by atoms with E-state index in [-0.39, 0.29) is 6.04 Å². The fourth-order valence-electron chi connectivity index (χ4n) is 1.97. The van der Waals surface area contributed by atoms with Gasteiger partial charge in [0.1, 0.15) is 0 Å². The van der Waals surface area contributed by atoms with E-state index in [0.29, 0.717) is 12.3 Å². The Morgan fingerprint density at radius 1 is 1.28 bits per heavy atom. The lowest BCUT2D eigenvalue weighted by atomic mass is 10.1. The van der Waals surface area contributed by atoms with Gasteiger partial charge in [-0.1, -0.05) is 12.1 Å². The summed E-state index contributed by atoms with van der Waals surface area (Å²) < 4.78 is 30.5. The summed E-state index contributed by atoms with van der Waals surface area (Å²) in [6, 6.07) is 7.52. The standard InChI is InChI=1S/C12H18N2O3S/c1-18(15,16)14-12-7-3-2-6-11(12)13-10-5-4-8-17-9-10/h2-3,6-7,10,13-14H,4-5,8-9H2,1H3. The lowest BCUT2D eigenvalue weighted by molar-refractivity contribution is 0.0876. The van der Waals surface area contributed by atoms with Gasteiger partial charge in [0.25, 0.3) is 0 Å². The van der Waals surface area contributed by atoms with Crippen LogP contribution in [0.15, 0.2) is 24.3 Å². The molecule has 100 valence electrons. The maximum atomic E-state index is 11.3. The summed E-state index contributed by atoms with van der Waals surface area (Å²) in [4.78, 5) is 0. The molecule has 6 heteroatoms. The summed E-state index contributed by atoms with van der Waals surface area (Å²) in [6.07, 6.45) is 3.21. The third-order valence-corrected chi connectivity index (χ3v) is 3.33. The van der Waals surface area contributed by atoms with Crippen LogP contribution >= 0.6 is 0 Å². The molecule has 0 amide bonds. The monoisotopic (exact) mass is 270 g/mol. The third kappa shape index (κ3) is 3.89. The van der Waals surface area contributed by atoms with Crippen LogP contribution in [0.1, 0.15) is 12.8 Å². The first kappa shape index (κ1) is 13.2. The Morgan fingerprint density at radius 3 is 2.61 bits per heavy atom. The molecule has 0 radical (unpaired) electrons. The van der Waals surface area contributed by atoms with E-state index in [9.17, 15) is 8.42 Å². The van der Waals surface area contributed by atoms with Gasteiger partial charge < -0.3 is 10.1 Å². The van der Waals surface area contributed by atoms with Crippen molar-refractivity contribution in [3.63, 3.8) is 0 Å². The number of hydrogen-bond donors (Lipinski definition) is 2. The average Bonchev–Trinajstić information content (AvgIpc) is 2.31. The van der Waals surface area contributed by atoms with Crippen LogP contribution in [0, 0.1) is 0 Å². The second-order valence-corrected chi connectivity index (χ2v) is 6.23. The normalized spacial score (nSPS) is 20.4. The SMILES string of the molecule is CS(=O)(=O)Nc1ccccc1NC1CCCOC1. The van der Waals surface area contributed by atoms with Crippen LogP contribution in [-0.2, 0) is 14.8 Å². The van der Waals surface area contributed by atoms with Gasteiger partial charge in [-0.2, -0.15) is 0 Å². The first-order valence-corrected chi connectivity index (χ1v) is 7.85. The van der Waals surface area contributed by atoms with Gasteiger partial charge in [-0.05, 0) is 25.0 Å². The molecule has 0 aliphatic carbocycles. The highest BCUT2D eigenvalue weighted by Crippen LogP contribution is 2.24. The molecule has 1 aromatic rings. The zero-order chi connectivity index (χ0) is 13.0. The predicted molar refractivity (Wildman–Crippen MR) is 72.4 cm³/mol. The summed E-state index contributed by atoms with van der Waals surface area (Å²) in [7, 11) is -3.26. The molecule has 0 bridgehead atoms. The predicted octanol–water partition coefficient (Wildman–Crippen LogP) is 1.65. The number of benzene rings is 1. The van der Waals surface area contributed by atoms with Gasteiger partial charge in [-0.25, -0.2) is 8.42 Å². The van der Waals surface area contributed by atoms with Crippen LogP contribution in [0.25, 0.3) is 0 Å². The molecule has 2 rings (SSSR count). The van der Waals surface area contributed by atoms with Gasteiger partial charge in [0.15, 0.2) is 0 Å². The molecule has 1 aromatic carbocycles. The molecule has 1 fully saturated rings. The Morgan fingerprint density at radius 2 is 2.00 bits per heavy atom. The van der Waals surface area contributed by atoms with E-state index >= 15 is 0 Å². The molecule has 1 aliphatic rings. The lowest BCUT2D eigenvalue weighted by Crippen LogP contribution is -2.30. The summed E-state index contributed by atoms with van der Waals surface area (Å²) in [6.45, 7) is 1.47. The summed E-state index contributed by atoms with van der Waals surface area (Å²) in [5, 5.41) is 3.32. The Balaban J connectivity index is 2.11. The molecule has 1 saturated heterocycles. The van der Waals surface area contributed by atoms with Crippen molar-refractivity contribution in [1.82, 2.24) is 0 Å². The van der Waals surface area contributed by atoms with Crippen molar-refractivity contribution in [3.8, 4) is 0 Å². The lowest BCUT2D eigenvalue weighted by Gasteiger charge is -2.25. The number of sulfonamides is 1. The van der Waals surface area contributed by atoms with E-state index < -0.39 is 10.0 Å². The summed E-state index contributed by atoms with van der Waals surface area (Å²) >= 11 is 0. The van der Waals surface area contributed by atoms with Gasteiger partial charge >= 0.3 is 0 Å². The number of ether oxygens (including phenoxy) is 1. The van der Waals surface area contributed by atoms with Crippen LogP contribution < -0.4 is 10.0 Å². The fraction of sp³-hybridized carbons (Fsp3) is 0.500. The second kappa shape index (κ2) is 5.58. The van der Waals surface area contributed by atoms with Crippen molar-refractivity contribution in [1.29, 1.82) is 0 Å². The fourth-order valence-corrected chi connectivity index (χ4v) is 2.55. The Kier molecular flexibility index (Phi) is 4.08. The molecule has 0 aromatic heterocycles. The molecular weight excluding hydrogens is 252 g/mol. The van der Waals surface area contributed by atoms with Crippen LogP contribution in [0.3, 0.4) is 0 Å². The first-order chi connectivity index (χ1) is 8.54. The van der Waals surface area contributed by atoms with E-state index in [4.69, 9.17) is 4.74 Å². The quantitative estimate of drug-likeness (QED) is 0.873. The number of hydrogen-bond acceptors (Lipinski definition) is 4. The molecule has 5 nitrogen and oxygen atoms in total. The molecule has 1 aliphatic heterocycles. The Hall–Kier alpha value is -1.27. The highest BCUT2D eigenvalue weighted by atomic mass is 32.2. The highest BCUT2D eigenvalue weighted by Gasteiger charge is 2.15. The highest BCUT2D eigenvalue weighted by molar-refractivity contribution is 7.92. The minimum atomic E-state index is -3.26. The van der Waals surface area contributed by atoms with E-state index in [2.05, 4.69) is 10.0 Å². The number of para-hydroxylation sites is 2. The first-order valence-electron chi connectivity index (χ1n) is 5.96. The molecule has 1 atom stereocenters. The Labute approximate surface area is 108 Å². The molecule has 1 heterocycles. The molecular formula is C12H18N2O3S. The van der Waals surface area contributed by atoms with Gasteiger partial charge in [-0.3, -0.25) is 4.72 Å². The van der Waals surface area contributed by atoms with E-state index in [1.165, 1.54) is 0 Å². The van der Waals surface area contributed by atoms with Gasteiger partial charge in [-0.15, -0.1) is 0 Å². The average molecular weight is 270 g/mol. The number of anilines is 2. The van der Waals surface area contributed by atoms with Gasteiger partial charge in [0, 0.05) is 12.6 Å². The van der Waals surface area contributed by atoms with E-state index in [0.717, 1.165) is 31.4 Å². The van der Waals surface area contributed by atoms with Crippen molar-refractivity contribution in [2.45, 2.75) is 18.9 Å². The zero-order valence-electron chi connectivity index (χ0n) is 10.3. The van der Waals surface area contributed by atoms with E-state index in [1.54, 1.807) is 12.1 Å². The van der Waals surface area contributed by atoms with Gasteiger partial charge in [0.2, 0.25) is 10.0 Å². The zero-order valence-corrected chi connectivity index (χ0v) is 11.2. The van der Waals surface area contributed by atoms with Crippen molar-refractivity contribution in [2.75, 3.05) is 29.5 Å². The minimum Gasteiger partial charge on any atom is -0.379 e.